The Morgan fingerprint density at radius 1 is 1.00 bits per heavy atom. The van der Waals surface area contributed by atoms with Gasteiger partial charge in [-0.25, -0.2) is 17.2 Å². The number of benzene rings is 2. The first-order valence-electron chi connectivity index (χ1n) is 9.74. The first-order valence-corrected chi connectivity index (χ1v) is 11.2. The molecule has 1 aliphatic carbocycles. The fraction of sp³-hybridized carbons (Fsp3) is 0.208. The van der Waals surface area contributed by atoms with E-state index in [1.54, 1.807) is 30.3 Å². The van der Waals surface area contributed by atoms with Gasteiger partial charge < -0.3 is 4.74 Å². The van der Waals surface area contributed by atoms with Gasteiger partial charge in [-0.05, 0) is 56.0 Å². The molecule has 30 heavy (non-hydrogen) atoms. The molecular formula is C24H23NO4S. The molecule has 0 bridgehead atoms. The minimum Gasteiger partial charge on any atom is -0.464 e. The summed E-state index contributed by atoms with van der Waals surface area (Å²) in [5.74, 6) is -0.671. The maximum Gasteiger partial charge on any atom is 0.355 e. The molecular weight excluding hydrogens is 398 g/mol. The average molecular weight is 422 g/mol. The quantitative estimate of drug-likeness (QED) is 0.577. The minimum absolute atomic E-state index is 0.0258. The van der Waals surface area contributed by atoms with Crippen molar-refractivity contribution in [2.75, 3.05) is 7.11 Å². The third-order valence-electron chi connectivity index (χ3n) is 5.37. The summed E-state index contributed by atoms with van der Waals surface area (Å²) >= 11 is 0. The lowest BCUT2D eigenvalue weighted by Crippen LogP contribution is -2.21. The number of fused-ring (bicyclic) bond motifs is 1. The van der Waals surface area contributed by atoms with Gasteiger partial charge in [0.2, 0.25) is 0 Å². The van der Waals surface area contributed by atoms with Gasteiger partial charge in [0.25, 0.3) is 10.0 Å². The number of allylic oxidation sites excluding steroid dienone is 1. The van der Waals surface area contributed by atoms with Crippen molar-refractivity contribution < 1.29 is 17.9 Å². The Labute approximate surface area is 176 Å². The van der Waals surface area contributed by atoms with Gasteiger partial charge in [-0.1, -0.05) is 53.6 Å². The fourth-order valence-electron chi connectivity index (χ4n) is 3.88. The number of rotatable bonds is 4. The summed E-state index contributed by atoms with van der Waals surface area (Å²) in [5, 5.41) is 0. The van der Waals surface area contributed by atoms with Crippen molar-refractivity contribution in [3.05, 3.63) is 88.2 Å². The Morgan fingerprint density at radius 3 is 2.40 bits per heavy atom. The average Bonchev–Trinajstić information content (AvgIpc) is 3.28. The van der Waals surface area contributed by atoms with E-state index < -0.39 is 16.0 Å². The molecule has 154 valence electrons. The molecule has 0 amide bonds. The third kappa shape index (κ3) is 3.48. The van der Waals surface area contributed by atoms with Gasteiger partial charge in [0.1, 0.15) is 5.69 Å². The van der Waals surface area contributed by atoms with Crippen LogP contribution in [0.25, 0.3) is 11.6 Å². The molecule has 0 aliphatic heterocycles. The van der Waals surface area contributed by atoms with E-state index in [1.165, 1.54) is 7.11 Å². The van der Waals surface area contributed by atoms with E-state index in [2.05, 4.69) is 12.1 Å². The van der Waals surface area contributed by atoms with E-state index in [1.807, 2.05) is 32.0 Å². The van der Waals surface area contributed by atoms with Crippen LogP contribution in [0.1, 0.15) is 44.9 Å². The zero-order valence-electron chi connectivity index (χ0n) is 17.2. The molecule has 0 fully saturated rings. The highest BCUT2D eigenvalue weighted by molar-refractivity contribution is 7.90. The summed E-state index contributed by atoms with van der Waals surface area (Å²) in [4.78, 5) is 12.6. The van der Waals surface area contributed by atoms with Gasteiger partial charge in [0.15, 0.2) is 0 Å². The zero-order valence-corrected chi connectivity index (χ0v) is 18.0. The molecule has 1 aromatic heterocycles. The van der Waals surface area contributed by atoms with Crippen molar-refractivity contribution in [1.82, 2.24) is 3.97 Å². The first kappa shape index (κ1) is 20.2. The van der Waals surface area contributed by atoms with Gasteiger partial charge in [0.05, 0.1) is 12.0 Å². The molecule has 2 aromatic carbocycles. The summed E-state index contributed by atoms with van der Waals surface area (Å²) in [5.41, 5.74) is 5.60. The van der Waals surface area contributed by atoms with Gasteiger partial charge in [-0.2, -0.15) is 0 Å². The molecule has 1 aliphatic rings. The van der Waals surface area contributed by atoms with E-state index in [0.29, 0.717) is 18.5 Å². The second-order valence-electron chi connectivity index (χ2n) is 7.55. The highest BCUT2D eigenvalue weighted by atomic mass is 32.2. The molecule has 3 aromatic rings. The number of carbonyl (C=O) groups is 1. The summed E-state index contributed by atoms with van der Waals surface area (Å²) in [6.07, 6.45) is 3.31. The van der Waals surface area contributed by atoms with Gasteiger partial charge in [-0.3, -0.25) is 0 Å². The summed E-state index contributed by atoms with van der Waals surface area (Å²) in [6.45, 7) is 3.92. The van der Waals surface area contributed by atoms with Crippen molar-refractivity contribution in [2.45, 2.75) is 31.6 Å². The largest absolute Gasteiger partial charge is 0.464 e. The number of methoxy groups -OCH3 is 1. The van der Waals surface area contributed by atoms with Crippen LogP contribution in [-0.2, 0) is 21.2 Å². The number of nitrogens with zero attached hydrogens (tertiary/aromatic N) is 1. The number of esters is 1. The van der Waals surface area contributed by atoms with Crippen molar-refractivity contribution in [2.24, 2.45) is 0 Å². The van der Waals surface area contributed by atoms with Crippen LogP contribution in [0.5, 0.6) is 0 Å². The van der Waals surface area contributed by atoms with Crippen LogP contribution in [-0.4, -0.2) is 25.5 Å². The molecule has 0 N–H and O–H groups in total. The lowest BCUT2D eigenvalue weighted by molar-refractivity contribution is 0.0592. The predicted octanol–water partition coefficient (Wildman–Crippen LogP) is 4.62. The van der Waals surface area contributed by atoms with Crippen LogP contribution in [0.2, 0.25) is 0 Å². The smallest absolute Gasteiger partial charge is 0.355 e. The van der Waals surface area contributed by atoms with Crippen LogP contribution in [0.15, 0.2) is 59.5 Å². The molecule has 6 heteroatoms. The fourth-order valence-corrected chi connectivity index (χ4v) is 5.44. The Balaban J connectivity index is 1.89. The number of ether oxygens (including phenoxy) is 1. The van der Waals surface area contributed by atoms with Crippen molar-refractivity contribution in [1.29, 1.82) is 0 Å². The topological polar surface area (TPSA) is 65.4 Å². The Morgan fingerprint density at radius 2 is 1.73 bits per heavy atom. The Bertz CT molecular complexity index is 1270. The lowest BCUT2D eigenvalue weighted by Gasteiger charge is -2.12. The summed E-state index contributed by atoms with van der Waals surface area (Å²) in [7, 11) is -2.68. The maximum atomic E-state index is 13.5. The van der Waals surface area contributed by atoms with E-state index in [9.17, 15) is 13.2 Å². The molecule has 0 atom stereocenters. The van der Waals surface area contributed by atoms with E-state index >= 15 is 0 Å². The molecule has 4 rings (SSSR count). The highest BCUT2D eigenvalue weighted by Crippen LogP contribution is 2.38. The molecule has 1 heterocycles. The molecule has 0 saturated carbocycles. The molecule has 0 saturated heterocycles. The second kappa shape index (κ2) is 7.61. The number of hydrogen-bond donors (Lipinski definition) is 0. The molecule has 0 unspecified atom stereocenters. The Kier molecular flexibility index (Phi) is 5.12. The number of carbonyl (C=O) groups excluding carboxylic acids is 1. The number of aromatic nitrogens is 1. The maximum absolute atomic E-state index is 13.5. The van der Waals surface area contributed by atoms with Crippen LogP contribution < -0.4 is 0 Å². The second-order valence-corrected chi connectivity index (χ2v) is 9.33. The van der Waals surface area contributed by atoms with Crippen molar-refractivity contribution >= 4 is 27.6 Å². The minimum atomic E-state index is -3.94. The van der Waals surface area contributed by atoms with Gasteiger partial charge in [0, 0.05) is 11.3 Å². The normalized spacial score (nSPS) is 14.7. The standard InChI is InChI=1S/C24H23NO4S/c1-16-7-10-20(11-8-16)30(27,28)25-22-12-9-19(14-18-6-4-5-17(2)13-18)21(22)15-23(25)24(26)29-3/h4-8,10-11,13-15H,9,12H2,1-3H3/b19-14-. The van der Waals surface area contributed by atoms with Crippen LogP contribution in [0.4, 0.5) is 0 Å². The van der Waals surface area contributed by atoms with Crippen molar-refractivity contribution in [3.63, 3.8) is 0 Å². The lowest BCUT2D eigenvalue weighted by atomic mass is 10.0. The molecule has 0 radical (unpaired) electrons. The van der Waals surface area contributed by atoms with Gasteiger partial charge in [-0.15, -0.1) is 0 Å². The first-order chi connectivity index (χ1) is 14.3. The van der Waals surface area contributed by atoms with Crippen molar-refractivity contribution in [3.8, 4) is 0 Å². The number of hydrogen-bond acceptors (Lipinski definition) is 4. The monoisotopic (exact) mass is 421 g/mol. The van der Waals surface area contributed by atoms with E-state index in [0.717, 1.165) is 31.8 Å². The van der Waals surface area contributed by atoms with E-state index in [4.69, 9.17) is 4.74 Å². The predicted molar refractivity (Wildman–Crippen MR) is 117 cm³/mol. The molecule has 0 spiro atoms. The van der Waals surface area contributed by atoms with Crippen LogP contribution in [0.3, 0.4) is 0 Å². The summed E-state index contributed by atoms with van der Waals surface area (Å²) < 4.78 is 33.0. The third-order valence-corrected chi connectivity index (χ3v) is 7.14. The Hall–Kier alpha value is -3.12. The van der Waals surface area contributed by atoms with E-state index in [-0.39, 0.29) is 10.6 Å². The number of aryl methyl sites for hydroxylation is 2. The van der Waals surface area contributed by atoms with Gasteiger partial charge >= 0.3 is 5.97 Å². The van der Waals surface area contributed by atoms with Crippen LogP contribution in [0, 0.1) is 13.8 Å². The highest BCUT2D eigenvalue weighted by Gasteiger charge is 2.33. The summed E-state index contributed by atoms with van der Waals surface area (Å²) in [6, 6.07) is 16.4. The SMILES string of the molecule is COC(=O)c1cc2c(n1S(=O)(=O)c1ccc(C)cc1)CC/C2=C/c1cccc(C)c1. The molecule has 5 nitrogen and oxygen atoms in total. The zero-order chi connectivity index (χ0) is 21.5. The van der Waals surface area contributed by atoms with Crippen LogP contribution >= 0.6 is 0 Å².